The van der Waals surface area contributed by atoms with Crippen LogP contribution in [0.15, 0.2) is 71.5 Å². The number of benzene rings is 2. The van der Waals surface area contributed by atoms with Crippen molar-refractivity contribution in [2.45, 2.75) is 45.5 Å². The fourth-order valence-corrected chi connectivity index (χ4v) is 4.59. The van der Waals surface area contributed by atoms with Crippen LogP contribution in [0.1, 0.15) is 43.5 Å². The molecule has 9 heteroatoms. The maximum absolute atomic E-state index is 13.2. The smallest absolute Gasteiger partial charge is 0.338 e. The Labute approximate surface area is 221 Å². The predicted molar refractivity (Wildman–Crippen MR) is 145 cm³/mol. The van der Waals surface area contributed by atoms with Crippen molar-refractivity contribution in [1.29, 1.82) is 0 Å². The van der Waals surface area contributed by atoms with Crippen molar-refractivity contribution in [3.8, 4) is 11.5 Å². The van der Waals surface area contributed by atoms with Crippen LogP contribution in [0.5, 0.6) is 11.5 Å². The normalized spacial score (nSPS) is 14.5. The lowest BCUT2D eigenvalue weighted by Crippen LogP contribution is -2.29. The molecule has 0 bridgehead atoms. The Bertz CT molecular complexity index is 1300. The summed E-state index contributed by atoms with van der Waals surface area (Å²) in [4.78, 5) is 17.8. The van der Waals surface area contributed by atoms with E-state index in [1.165, 1.54) is 17.3 Å². The van der Waals surface area contributed by atoms with Gasteiger partial charge in [0.1, 0.15) is 19.3 Å². The Hall–Kier alpha value is -3.72. The standard InChI is InChI=1S/C28H32N4O4S/c1-6-15-35-26(33)24-19(5)29-27-30-28(37-8-3)31-32(27)25(24)21-13-14-22(23(16-21)34-7-2)36-17-20-11-9-18(4)10-12-20/h6,9-14,16,25H,1,7-8,15,17H2,2-5H3,(H,29,30,31). The lowest BCUT2D eigenvalue weighted by atomic mass is 9.95. The van der Waals surface area contributed by atoms with Crippen LogP contribution < -0.4 is 14.8 Å². The van der Waals surface area contributed by atoms with Gasteiger partial charge in [0.25, 0.3) is 0 Å². The van der Waals surface area contributed by atoms with Gasteiger partial charge < -0.3 is 19.5 Å². The summed E-state index contributed by atoms with van der Waals surface area (Å²) in [5.41, 5.74) is 4.17. The molecule has 1 unspecified atom stereocenters. The molecule has 3 aromatic rings. The van der Waals surface area contributed by atoms with E-state index in [2.05, 4.69) is 35.9 Å². The Kier molecular flexibility index (Phi) is 8.55. The van der Waals surface area contributed by atoms with Gasteiger partial charge in [-0.1, -0.05) is 67.2 Å². The second-order valence-electron chi connectivity index (χ2n) is 8.46. The molecule has 1 aromatic heterocycles. The van der Waals surface area contributed by atoms with Gasteiger partial charge in [-0.05, 0) is 49.8 Å². The van der Waals surface area contributed by atoms with Crippen LogP contribution in [0, 0.1) is 6.92 Å². The van der Waals surface area contributed by atoms with Gasteiger partial charge in [0.15, 0.2) is 11.5 Å². The third kappa shape index (κ3) is 5.99. The summed E-state index contributed by atoms with van der Waals surface area (Å²) < 4.78 is 19.3. The van der Waals surface area contributed by atoms with Crippen molar-refractivity contribution in [2.24, 2.45) is 0 Å². The number of hydrogen-bond donors (Lipinski definition) is 1. The quantitative estimate of drug-likeness (QED) is 0.196. The highest BCUT2D eigenvalue weighted by Crippen LogP contribution is 2.40. The van der Waals surface area contributed by atoms with Crippen LogP contribution in [0.3, 0.4) is 0 Å². The average molecular weight is 521 g/mol. The number of aryl methyl sites for hydroxylation is 1. The number of hydrogen-bond acceptors (Lipinski definition) is 8. The van der Waals surface area contributed by atoms with Crippen molar-refractivity contribution in [1.82, 2.24) is 14.8 Å². The number of carbonyl (C=O) groups is 1. The lowest BCUT2D eigenvalue weighted by Gasteiger charge is -2.28. The molecule has 1 atom stereocenters. The molecule has 8 nitrogen and oxygen atoms in total. The Morgan fingerprint density at radius 1 is 1.14 bits per heavy atom. The highest BCUT2D eigenvalue weighted by atomic mass is 32.2. The van der Waals surface area contributed by atoms with Crippen molar-refractivity contribution in [3.63, 3.8) is 0 Å². The van der Waals surface area contributed by atoms with Gasteiger partial charge in [0, 0.05) is 5.70 Å². The fourth-order valence-electron chi connectivity index (χ4n) is 4.03. The number of allylic oxidation sites excluding steroid dienone is 1. The second kappa shape index (κ2) is 12.0. The molecule has 1 aliphatic rings. The predicted octanol–water partition coefficient (Wildman–Crippen LogP) is 5.69. The highest BCUT2D eigenvalue weighted by molar-refractivity contribution is 7.99. The molecule has 0 amide bonds. The summed E-state index contributed by atoms with van der Waals surface area (Å²) in [7, 11) is 0. The maximum Gasteiger partial charge on any atom is 0.338 e. The van der Waals surface area contributed by atoms with E-state index in [1.54, 1.807) is 10.8 Å². The molecule has 0 saturated carbocycles. The number of nitrogens with one attached hydrogen (secondary N) is 1. The number of carbonyl (C=O) groups excluding carboxylic acids is 1. The molecule has 1 N–H and O–H groups in total. The number of aromatic nitrogens is 3. The number of thioether (sulfide) groups is 1. The summed E-state index contributed by atoms with van der Waals surface area (Å²) in [6.45, 7) is 12.5. The van der Waals surface area contributed by atoms with E-state index in [4.69, 9.17) is 19.3 Å². The Morgan fingerprint density at radius 2 is 1.92 bits per heavy atom. The van der Waals surface area contributed by atoms with E-state index < -0.39 is 12.0 Å². The first-order chi connectivity index (χ1) is 17.9. The van der Waals surface area contributed by atoms with Crippen LogP contribution >= 0.6 is 11.8 Å². The monoisotopic (exact) mass is 520 g/mol. The zero-order chi connectivity index (χ0) is 26.4. The molecule has 0 fully saturated rings. The minimum Gasteiger partial charge on any atom is -0.490 e. The van der Waals surface area contributed by atoms with Gasteiger partial charge in [0.2, 0.25) is 11.1 Å². The molecule has 4 rings (SSSR count). The summed E-state index contributed by atoms with van der Waals surface area (Å²) in [6, 6.07) is 13.4. The molecular weight excluding hydrogens is 488 g/mol. The average Bonchev–Trinajstić information content (AvgIpc) is 3.28. The first kappa shape index (κ1) is 26.3. The van der Waals surface area contributed by atoms with Crippen LogP contribution in [-0.2, 0) is 16.1 Å². The Balaban J connectivity index is 1.72. The number of esters is 1. The van der Waals surface area contributed by atoms with Crippen LogP contribution in [0.2, 0.25) is 0 Å². The highest BCUT2D eigenvalue weighted by Gasteiger charge is 2.35. The molecule has 2 heterocycles. The van der Waals surface area contributed by atoms with Gasteiger partial charge in [-0.25, -0.2) is 9.48 Å². The van der Waals surface area contributed by atoms with E-state index in [-0.39, 0.29) is 6.61 Å². The van der Waals surface area contributed by atoms with Gasteiger partial charge in [0.05, 0.1) is 12.2 Å². The number of anilines is 1. The van der Waals surface area contributed by atoms with Crippen LogP contribution in [-0.4, -0.2) is 39.7 Å². The summed E-state index contributed by atoms with van der Waals surface area (Å²) in [5.74, 6) is 2.16. The van der Waals surface area contributed by atoms with E-state index in [0.29, 0.717) is 47.1 Å². The molecule has 1 aliphatic heterocycles. The minimum absolute atomic E-state index is 0.111. The van der Waals surface area contributed by atoms with Crippen molar-refractivity contribution >= 4 is 23.7 Å². The van der Waals surface area contributed by atoms with Gasteiger partial charge in [-0.2, -0.15) is 4.98 Å². The Morgan fingerprint density at radius 3 is 2.62 bits per heavy atom. The maximum atomic E-state index is 13.2. The number of rotatable bonds is 11. The van der Waals surface area contributed by atoms with Crippen LogP contribution in [0.4, 0.5) is 5.95 Å². The van der Waals surface area contributed by atoms with E-state index in [9.17, 15) is 4.79 Å². The van der Waals surface area contributed by atoms with Gasteiger partial charge >= 0.3 is 5.97 Å². The zero-order valence-corrected chi connectivity index (χ0v) is 22.4. The lowest BCUT2D eigenvalue weighted by molar-refractivity contribution is -0.138. The van der Waals surface area contributed by atoms with Gasteiger partial charge in [-0.15, -0.1) is 5.10 Å². The third-order valence-corrected chi connectivity index (χ3v) is 6.48. The van der Waals surface area contributed by atoms with Gasteiger partial charge in [-0.3, -0.25) is 0 Å². The van der Waals surface area contributed by atoms with E-state index in [0.717, 1.165) is 16.9 Å². The zero-order valence-electron chi connectivity index (χ0n) is 21.6. The summed E-state index contributed by atoms with van der Waals surface area (Å²) in [5, 5.41) is 8.54. The topological polar surface area (TPSA) is 87.5 Å². The molecule has 0 radical (unpaired) electrons. The number of fused-ring (bicyclic) bond motifs is 1. The molecule has 2 aromatic carbocycles. The van der Waals surface area contributed by atoms with Crippen molar-refractivity contribution < 1.29 is 19.0 Å². The number of ether oxygens (including phenoxy) is 3. The summed E-state index contributed by atoms with van der Waals surface area (Å²) >= 11 is 1.53. The summed E-state index contributed by atoms with van der Waals surface area (Å²) in [6.07, 6.45) is 1.54. The second-order valence-corrected chi connectivity index (χ2v) is 9.69. The largest absolute Gasteiger partial charge is 0.490 e. The molecule has 37 heavy (non-hydrogen) atoms. The molecular formula is C28H32N4O4S. The van der Waals surface area contributed by atoms with E-state index in [1.807, 2.05) is 51.1 Å². The molecule has 0 spiro atoms. The fraction of sp³-hybridized carbons (Fsp3) is 0.321. The first-order valence-electron chi connectivity index (χ1n) is 12.2. The molecule has 0 aliphatic carbocycles. The SMILES string of the molecule is C=CCOC(=O)C1=C(C)Nc2nc(SCC)nn2C1c1ccc(OCc2ccc(C)cc2)c(OCC)c1. The molecule has 194 valence electrons. The minimum atomic E-state index is -0.558. The van der Waals surface area contributed by atoms with E-state index >= 15 is 0 Å². The number of nitrogens with zero attached hydrogens (tertiary/aromatic N) is 3. The first-order valence-corrected chi connectivity index (χ1v) is 13.2. The third-order valence-electron chi connectivity index (χ3n) is 5.76. The molecule has 0 saturated heterocycles. The van der Waals surface area contributed by atoms with Crippen LogP contribution in [0.25, 0.3) is 0 Å². The van der Waals surface area contributed by atoms with Crippen molar-refractivity contribution in [2.75, 3.05) is 24.3 Å². The van der Waals surface area contributed by atoms with Crippen molar-refractivity contribution in [3.05, 3.63) is 83.1 Å².